The van der Waals surface area contributed by atoms with Gasteiger partial charge in [-0.05, 0) is 40.1 Å². The highest BCUT2D eigenvalue weighted by Crippen LogP contribution is 2.37. The Morgan fingerprint density at radius 2 is 1.58 bits per heavy atom. The van der Waals surface area contributed by atoms with Crippen molar-refractivity contribution in [1.29, 1.82) is 0 Å². The monoisotopic (exact) mass is 268 g/mol. The van der Waals surface area contributed by atoms with Gasteiger partial charge in [-0.2, -0.15) is 0 Å². The first-order chi connectivity index (χ1) is 8.66. The van der Waals surface area contributed by atoms with Crippen LogP contribution in [0, 0.1) is 6.92 Å². The molecule has 0 radical (unpaired) electrons. The van der Waals surface area contributed by atoms with Gasteiger partial charge in [-0.15, -0.1) is 0 Å². The maximum atomic E-state index is 13.1. The Morgan fingerprint density at radius 3 is 2.05 bits per heavy atom. The van der Waals surface area contributed by atoms with Crippen molar-refractivity contribution in [3.63, 3.8) is 0 Å². The second-order valence-corrected chi connectivity index (χ2v) is 5.97. The van der Waals surface area contributed by atoms with Crippen molar-refractivity contribution < 1.29 is 18.1 Å². The van der Waals surface area contributed by atoms with Gasteiger partial charge in [-0.25, -0.2) is 8.78 Å². The van der Waals surface area contributed by atoms with E-state index in [4.69, 9.17) is 9.31 Å². The minimum atomic E-state index is -2.53. The van der Waals surface area contributed by atoms with E-state index in [1.165, 1.54) is 6.07 Å². The van der Waals surface area contributed by atoms with Gasteiger partial charge in [0.25, 0.3) is 6.43 Å². The Kier molecular flexibility index (Phi) is 3.48. The molecule has 0 bridgehead atoms. The lowest BCUT2D eigenvalue weighted by atomic mass is 9.73. The summed E-state index contributed by atoms with van der Waals surface area (Å²) >= 11 is 0. The molecule has 1 aliphatic heterocycles. The van der Waals surface area contributed by atoms with Crippen LogP contribution in [0.3, 0.4) is 0 Å². The quantitative estimate of drug-likeness (QED) is 0.766. The van der Waals surface area contributed by atoms with Crippen molar-refractivity contribution in [3.05, 3.63) is 29.3 Å². The first-order valence-electron chi connectivity index (χ1n) is 6.39. The van der Waals surface area contributed by atoms with Crippen LogP contribution in [0.1, 0.15) is 45.2 Å². The first kappa shape index (κ1) is 14.5. The molecule has 0 spiro atoms. The smallest absolute Gasteiger partial charge is 0.399 e. The fourth-order valence-corrected chi connectivity index (χ4v) is 2.18. The maximum Gasteiger partial charge on any atom is 0.495 e. The third-order valence-electron chi connectivity index (χ3n) is 4.08. The topological polar surface area (TPSA) is 18.5 Å². The van der Waals surface area contributed by atoms with E-state index in [1.54, 1.807) is 19.1 Å². The Morgan fingerprint density at radius 1 is 1.05 bits per heavy atom. The molecular formula is C14H19BF2O2. The summed E-state index contributed by atoms with van der Waals surface area (Å²) in [6, 6.07) is 4.86. The maximum absolute atomic E-state index is 13.1. The summed E-state index contributed by atoms with van der Waals surface area (Å²) in [4.78, 5) is 0. The molecule has 0 saturated carbocycles. The third-order valence-corrected chi connectivity index (χ3v) is 4.08. The zero-order chi connectivity index (χ0) is 14.4. The summed E-state index contributed by atoms with van der Waals surface area (Å²) in [5.41, 5.74) is 0.143. The van der Waals surface area contributed by atoms with Crippen LogP contribution in [0.5, 0.6) is 0 Å². The number of hydrogen-bond acceptors (Lipinski definition) is 2. The van der Waals surface area contributed by atoms with Gasteiger partial charge < -0.3 is 9.31 Å². The van der Waals surface area contributed by atoms with Crippen LogP contribution < -0.4 is 5.46 Å². The molecule has 1 fully saturated rings. The molecule has 0 N–H and O–H groups in total. The Bertz CT molecular complexity index is 470. The average Bonchev–Trinajstić information content (AvgIpc) is 2.47. The van der Waals surface area contributed by atoms with Gasteiger partial charge in [-0.1, -0.05) is 23.8 Å². The van der Waals surface area contributed by atoms with Crippen molar-refractivity contribution in [1.82, 2.24) is 0 Å². The molecule has 0 amide bonds. The van der Waals surface area contributed by atoms with E-state index in [9.17, 15) is 8.78 Å². The van der Waals surface area contributed by atoms with Crippen molar-refractivity contribution in [2.75, 3.05) is 0 Å². The summed E-state index contributed by atoms with van der Waals surface area (Å²) in [7, 11) is -0.741. The fraction of sp³-hybridized carbons (Fsp3) is 0.571. The molecule has 2 rings (SSSR count). The molecule has 0 aromatic heterocycles. The summed E-state index contributed by atoms with van der Waals surface area (Å²) in [6.45, 7) is 9.44. The largest absolute Gasteiger partial charge is 0.495 e. The Hall–Kier alpha value is -0.935. The van der Waals surface area contributed by atoms with Crippen LogP contribution in [-0.2, 0) is 9.31 Å². The van der Waals surface area contributed by atoms with Crippen LogP contribution in [0.4, 0.5) is 8.78 Å². The number of hydrogen-bond donors (Lipinski definition) is 0. The predicted molar refractivity (Wildman–Crippen MR) is 71.9 cm³/mol. The van der Waals surface area contributed by atoms with Crippen molar-refractivity contribution >= 4 is 12.6 Å². The minimum absolute atomic E-state index is 0.0153. The molecule has 2 nitrogen and oxygen atoms in total. The van der Waals surface area contributed by atoms with E-state index in [2.05, 4.69) is 0 Å². The zero-order valence-corrected chi connectivity index (χ0v) is 12.0. The van der Waals surface area contributed by atoms with Crippen LogP contribution >= 0.6 is 0 Å². The highest BCUT2D eigenvalue weighted by Gasteiger charge is 2.52. The van der Waals surface area contributed by atoms with E-state index >= 15 is 0 Å². The lowest BCUT2D eigenvalue weighted by Gasteiger charge is -2.32. The number of halogens is 2. The van der Waals surface area contributed by atoms with Crippen molar-refractivity contribution in [2.45, 2.75) is 52.2 Å². The van der Waals surface area contributed by atoms with E-state index in [1.807, 2.05) is 27.7 Å². The fourth-order valence-electron chi connectivity index (χ4n) is 2.18. The molecule has 0 unspecified atom stereocenters. The standard InChI is InChI=1S/C14H19BF2O2/c1-9-7-6-8-10(12(16)17)11(9)15-18-13(2,3)14(4,5)19-15/h6-8,12H,1-5H3. The van der Waals surface area contributed by atoms with Crippen LogP contribution in [0.25, 0.3) is 0 Å². The van der Waals surface area contributed by atoms with Crippen molar-refractivity contribution in [2.24, 2.45) is 0 Å². The van der Waals surface area contributed by atoms with Gasteiger partial charge in [-0.3, -0.25) is 0 Å². The van der Waals surface area contributed by atoms with E-state index in [0.29, 0.717) is 5.46 Å². The van der Waals surface area contributed by atoms with E-state index in [0.717, 1.165) is 5.56 Å². The lowest BCUT2D eigenvalue weighted by molar-refractivity contribution is 0.00578. The Labute approximate surface area is 113 Å². The van der Waals surface area contributed by atoms with Gasteiger partial charge in [0.2, 0.25) is 0 Å². The summed E-state index contributed by atoms with van der Waals surface area (Å²) in [6.07, 6.45) is -2.53. The first-order valence-corrected chi connectivity index (χ1v) is 6.39. The minimum Gasteiger partial charge on any atom is -0.399 e. The van der Waals surface area contributed by atoms with Gasteiger partial charge in [0.15, 0.2) is 0 Å². The van der Waals surface area contributed by atoms with Gasteiger partial charge >= 0.3 is 7.12 Å². The second kappa shape index (κ2) is 4.56. The van der Waals surface area contributed by atoms with Crippen LogP contribution in [0.15, 0.2) is 18.2 Å². The third kappa shape index (κ3) is 2.41. The zero-order valence-electron chi connectivity index (χ0n) is 12.0. The average molecular weight is 268 g/mol. The number of rotatable bonds is 2. The molecule has 19 heavy (non-hydrogen) atoms. The van der Waals surface area contributed by atoms with E-state index < -0.39 is 24.7 Å². The highest BCUT2D eigenvalue weighted by atomic mass is 19.3. The molecule has 1 heterocycles. The molecule has 1 aromatic carbocycles. The molecule has 0 aliphatic carbocycles. The summed E-state index contributed by atoms with van der Waals surface area (Å²) in [5.74, 6) is 0. The normalized spacial score (nSPS) is 21.2. The molecule has 104 valence electrons. The SMILES string of the molecule is Cc1cccc(C(F)F)c1B1OC(C)(C)C(C)(C)O1. The number of benzene rings is 1. The molecule has 1 aromatic rings. The lowest BCUT2D eigenvalue weighted by Crippen LogP contribution is -2.41. The summed E-state index contributed by atoms with van der Waals surface area (Å²) < 4.78 is 38.0. The molecule has 5 heteroatoms. The second-order valence-electron chi connectivity index (χ2n) is 5.97. The van der Waals surface area contributed by atoms with Gasteiger partial charge in [0.05, 0.1) is 11.2 Å². The van der Waals surface area contributed by atoms with Gasteiger partial charge in [0.1, 0.15) is 0 Å². The number of aryl methyl sites for hydroxylation is 1. The highest BCUT2D eigenvalue weighted by molar-refractivity contribution is 6.63. The molecule has 1 saturated heterocycles. The summed E-state index contributed by atoms with van der Waals surface area (Å²) in [5, 5.41) is 0. The predicted octanol–water partition coefficient (Wildman–Crippen LogP) is 3.23. The van der Waals surface area contributed by atoms with Crippen LogP contribution in [-0.4, -0.2) is 18.3 Å². The van der Waals surface area contributed by atoms with Crippen LogP contribution in [0.2, 0.25) is 0 Å². The molecular weight excluding hydrogens is 249 g/mol. The molecule has 1 aliphatic rings. The number of alkyl halides is 2. The van der Waals surface area contributed by atoms with Gasteiger partial charge in [0, 0.05) is 5.56 Å². The van der Waals surface area contributed by atoms with E-state index in [-0.39, 0.29) is 5.56 Å². The molecule has 0 atom stereocenters. The Balaban J connectivity index is 2.45. The van der Waals surface area contributed by atoms with Crippen molar-refractivity contribution in [3.8, 4) is 0 Å².